The summed E-state index contributed by atoms with van der Waals surface area (Å²) in [6.07, 6.45) is 4.21. The molecule has 7 nitrogen and oxygen atoms in total. The van der Waals surface area contributed by atoms with Gasteiger partial charge >= 0.3 is 0 Å². The van der Waals surface area contributed by atoms with Crippen LogP contribution in [0.2, 0.25) is 5.02 Å². The standard InChI is InChI=1S/C22H31ClN2O5/c1-2-3-8-21(28)25(10-12-27)17-13-16(22(29)24-9-11-26)14-18(15-17)30-20-7-5-4-6-19(20)23/h4-7,14,17-18,26-27H,2-3,8-13,15H2,1H3,(H,24,29). The quantitative estimate of drug-likeness (QED) is 0.492. The van der Waals surface area contributed by atoms with Gasteiger partial charge in [-0.15, -0.1) is 0 Å². The molecule has 8 heteroatoms. The molecule has 1 aromatic rings. The summed E-state index contributed by atoms with van der Waals surface area (Å²) in [5.74, 6) is 0.165. The Hall–Kier alpha value is -2.09. The summed E-state index contributed by atoms with van der Waals surface area (Å²) in [5.41, 5.74) is 0.489. The molecule has 2 atom stereocenters. The van der Waals surface area contributed by atoms with E-state index in [9.17, 15) is 14.7 Å². The Morgan fingerprint density at radius 3 is 2.70 bits per heavy atom. The Bertz CT molecular complexity index is 740. The van der Waals surface area contributed by atoms with Crippen molar-refractivity contribution >= 4 is 23.4 Å². The zero-order valence-corrected chi connectivity index (χ0v) is 18.1. The number of carbonyl (C=O) groups excluding carboxylic acids is 2. The van der Waals surface area contributed by atoms with Gasteiger partial charge in [0.15, 0.2) is 0 Å². The van der Waals surface area contributed by atoms with Crippen molar-refractivity contribution < 1.29 is 24.5 Å². The van der Waals surface area contributed by atoms with E-state index in [0.29, 0.717) is 35.6 Å². The maximum Gasteiger partial charge on any atom is 0.247 e. The van der Waals surface area contributed by atoms with Gasteiger partial charge in [-0.2, -0.15) is 0 Å². The summed E-state index contributed by atoms with van der Waals surface area (Å²) in [6.45, 7) is 2.06. The first-order valence-electron chi connectivity index (χ1n) is 10.4. The van der Waals surface area contributed by atoms with Crippen molar-refractivity contribution in [3.8, 4) is 5.75 Å². The Balaban J connectivity index is 2.25. The molecule has 1 aliphatic rings. The fourth-order valence-electron chi connectivity index (χ4n) is 3.53. The van der Waals surface area contributed by atoms with E-state index in [1.54, 1.807) is 29.2 Å². The van der Waals surface area contributed by atoms with Gasteiger partial charge in [-0.1, -0.05) is 37.1 Å². The van der Waals surface area contributed by atoms with Crippen LogP contribution < -0.4 is 10.1 Å². The lowest BCUT2D eigenvalue weighted by atomic mass is 9.90. The third kappa shape index (κ3) is 7.00. The van der Waals surface area contributed by atoms with Gasteiger partial charge in [-0.25, -0.2) is 0 Å². The first-order valence-corrected chi connectivity index (χ1v) is 10.8. The molecule has 1 aromatic carbocycles. The highest BCUT2D eigenvalue weighted by Crippen LogP contribution is 2.30. The summed E-state index contributed by atoms with van der Waals surface area (Å²) in [6, 6.07) is 6.81. The zero-order chi connectivity index (χ0) is 21.9. The van der Waals surface area contributed by atoms with Crippen LogP contribution in [0.5, 0.6) is 5.75 Å². The molecule has 0 saturated heterocycles. The number of rotatable bonds is 11. The Morgan fingerprint density at radius 1 is 1.27 bits per heavy atom. The summed E-state index contributed by atoms with van der Waals surface area (Å²) < 4.78 is 6.05. The number of unbranched alkanes of at least 4 members (excludes halogenated alkanes) is 1. The molecule has 1 aliphatic carbocycles. The van der Waals surface area contributed by atoms with E-state index >= 15 is 0 Å². The first kappa shape index (κ1) is 24.2. The molecule has 30 heavy (non-hydrogen) atoms. The number of aliphatic hydroxyl groups is 2. The molecule has 166 valence electrons. The number of benzene rings is 1. The topological polar surface area (TPSA) is 99.1 Å². The van der Waals surface area contributed by atoms with Crippen LogP contribution >= 0.6 is 11.6 Å². The van der Waals surface area contributed by atoms with Gasteiger partial charge in [0, 0.05) is 37.5 Å². The molecule has 2 rings (SSSR count). The molecule has 2 unspecified atom stereocenters. The van der Waals surface area contributed by atoms with E-state index in [1.807, 2.05) is 13.0 Å². The van der Waals surface area contributed by atoms with Gasteiger partial charge in [0.2, 0.25) is 11.8 Å². The SMILES string of the molecule is CCCCC(=O)N(CCO)C1CC(C(=O)NCCO)=CC(Oc2ccccc2Cl)C1. The number of nitrogens with zero attached hydrogens (tertiary/aromatic N) is 1. The number of hydrogen-bond acceptors (Lipinski definition) is 5. The van der Waals surface area contributed by atoms with E-state index in [0.717, 1.165) is 12.8 Å². The maximum atomic E-state index is 12.8. The molecular weight excluding hydrogens is 408 g/mol. The molecule has 0 aromatic heterocycles. The fraction of sp³-hybridized carbons (Fsp3) is 0.545. The summed E-state index contributed by atoms with van der Waals surface area (Å²) in [7, 11) is 0. The van der Waals surface area contributed by atoms with E-state index < -0.39 is 6.10 Å². The molecule has 0 fully saturated rings. The average Bonchev–Trinajstić information content (AvgIpc) is 2.75. The van der Waals surface area contributed by atoms with Crippen LogP contribution in [0, 0.1) is 0 Å². The average molecular weight is 439 g/mol. The Kier molecular flexibility index (Phi) is 10.1. The smallest absolute Gasteiger partial charge is 0.247 e. The highest BCUT2D eigenvalue weighted by atomic mass is 35.5. The predicted octanol–water partition coefficient (Wildman–Crippen LogP) is 2.30. The largest absolute Gasteiger partial charge is 0.485 e. The molecule has 0 radical (unpaired) electrons. The maximum absolute atomic E-state index is 12.8. The first-order chi connectivity index (χ1) is 14.5. The van der Waals surface area contributed by atoms with Crippen LogP contribution in [-0.2, 0) is 9.59 Å². The van der Waals surface area contributed by atoms with Crippen molar-refractivity contribution in [1.82, 2.24) is 10.2 Å². The van der Waals surface area contributed by atoms with Gasteiger partial charge in [0.25, 0.3) is 0 Å². The van der Waals surface area contributed by atoms with E-state index in [4.69, 9.17) is 21.4 Å². The van der Waals surface area contributed by atoms with Crippen molar-refractivity contribution in [2.45, 2.75) is 51.2 Å². The van der Waals surface area contributed by atoms with Gasteiger partial charge < -0.3 is 25.2 Å². The normalized spacial score (nSPS) is 18.5. The number of nitrogens with one attached hydrogen (secondary N) is 1. The van der Waals surface area contributed by atoms with Crippen LogP contribution in [0.4, 0.5) is 0 Å². The van der Waals surface area contributed by atoms with Gasteiger partial charge in [-0.05, 0) is 31.1 Å². The van der Waals surface area contributed by atoms with Gasteiger partial charge in [0.05, 0.1) is 18.2 Å². The molecule has 0 aliphatic heterocycles. The molecule has 0 bridgehead atoms. The molecule has 0 spiro atoms. The zero-order valence-electron chi connectivity index (χ0n) is 17.3. The lowest BCUT2D eigenvalue weighted by Crippen LogP contribution is -2.47. The van der Waals surface area contributed by atoms with Gasteiger partial charge in [0.1, 0.15) is 11.9 Å². The summed E-state index contributed by atoms with van der Waals surface area (Å²) in [4.78, 5) is 27.0. The minimum absolute atomic E-state index is 0.0376. The number of aliphatic hydroxyl groups excluding tert-OH is 2. The number of para-hydroxylation sites is 1. The highest BCUT2D eigenvalue weighted by Gasteiger charge is 2.32. The fourth-order valence-corrected chi connectivity index (χ4v) is 3.71. The minimum atomic E-state index is -0.460. The number of amides is 2. The lowest BCUT2D eigenvalue weighted by molar-refractivity contribution is -0.135. The van der Waals surface area contributed by atoms with Gasteiger partial charge in [-0.3, -0.25) is 9.59 Å². The van der Waals surface area contributed by atoms with Crippen LogP contribution in [0.3, 0.4) is 0 Å². The molecular formula is C22H31ClN2O5. The third-order valence-corrected chi connectivity index (χ3v) is 5.31. The Labute approximate surface area is 182 Å². The molecule has 2 amide bonds. The van der Waals surface area contributed by atoms with Crippen molar-refractivity contribution in [3.05, 3.63) is 40.9 Å². The van der Waals surface area contributed by atoms with Crippen LogP contribution in [-0.4, -0.2) is 65.4 Å². The van der Waals surface area contributed by atoms with E-state index in [2.05, 4.69) is 5.32 Å². The molecule has 3 N–H and O–H groups in total. The number of hydrogen-bond donors (Lipinski definition) is 3. The second-order valence-electron chi connectivity index (χ2n) is 7.27. The third-order valence-electron chi connectivity index (χ3n) is 5.00. The highest BCUT2D eigenvalue weighted by molar-refractivity contribution is 6.32. The summed E-state index contributed by atoms with van der Waals surface area (Å²) in [5, 5.41) is 21.6. The predicted molar refractivity (Wildman–Crippen MR) is 115 cm³/mol. The second kappa shape index (κ2) is 12.6. The number of halogens is 1. The van der Waals surface area contributed by atoms with E-state index in [-0.39, 0.29) is 44.2 Å². The number of carbonyl (C=O) groups is 2. The van der Waals surface area contributed by atoms with Crippen molar-refractivity contribution in [2.75, 3.05) is 26.3 Å². The molecule has 0 heterocycles. The Morgan fingerprint density at radius 2 is 2.03 bits per heavy atom. The minimum Gasteiger partial charge on any atom is -0.485 e. The number of ether oxygens (including phenoxy) is 1. The molecule has 0 saturated carbocycles. The van der Waals surface area contributed by atoms with Crippen molar-refractivity contribution in [1.29, 1.82) is 0 Å². The van der Waals surface area contributed by atoms with E-state index in [1.165, 1.54) is 0 Å². The summed E-state index contributed by atoms with van der Waals surface area (Å²) >= 11 is 6.22. The van der Waals surface area contributed by atoms with Crippen molar-refractivity contribution in [3.63, 3.8) is 0 Å². The van der Waals surface area contributed by atoms with Crippen molar-refractivity contribution in [2.24, 2.45) is 0 Å². The van der Waals surface area contributed by atoms with Crippen LogP contribution in [0.15, 0.2) is 35.9 Å². The monoisotopic (exact) mass is 438 g/mol. The lowest BCUT2D eigenvalue weighted by Gasteiger charge is -2.37. The van der Waals surface area contributed by atoms with Crippen LogP contribution in [0.1, 0.15) is 39.0 Å². The second-order valence-corrected chi connectivity index (χ2v) is 7.67. The van der Waals surface area contributed by atoms with Crippen LogP contribution in [0.25, 0.3) is 0 Å².